The number of hydrogen-bond acceptors (Lipinski definition) is 2. The Morgan fingerprint density at radius 3 is 2.50 bits per heavy atom. The maximum atomic E-state index is 10.8. The van der Waals surface area contributed by atoms with Gasteiger partial charge in [0.2, 0.25) is 0 Å². The van der Waals surface area contributed by atoms with Crippen molar-refractivity contribution in [3.05, 3.63) is 0 Å². The van der Waals surface area contributed by atoms with E-state index in [-0.39, 0.29) is 25.4 Å². The van der Waals surface area contributed by atoms with E-state index in [1.165, 1.54) is 0 Å². The number of halogens is 1. The van der Waals surface area contributed by atoms with Crippen molar-refractivity contribution in [1.82, 2.24) is 0 Å². The van der Waals surface area contributed by atoms with Gasteiger partial charge in [0.25, 0.3) is 0 Å². The summed E-state index contributed by atoms with van der Waals surface area (Å²) in [5.74, 6) is -0.0675. The van der Waals surface area contributed by atoms with Gasteiger partial charge in [0, 0.05) is 31.2 Å². The second kappa shape index (κ2) is 11.6. The van der Waals surface area contributed by atoms with Gasteiger partial charge in [-0.05, 0) is 19.8 Å². The van der Waals surface area contributed by atoms with Gasteiger partial charge >= 0.3 is 5.97 Å². The normalized spacial score (nSPS) is 8.83. The summed E-state index contributed by atoms with van der Waals surface area (Å²) in [6.45, 7) is 2.33. The molecule has 0 unspecified atom stereocenters. The van der Waals surface area contributed by atoms with E-state index in [9.17, 15) is 4.79 Å². The van der Waals surface area contributed by atoms with E-state index in [4.69, 9.17) is 4.74 Å². The van der Waals surface area contributed by atoms with Crippen LogP contribution in [0, 0.1) is 0 Å². The molecule has 0 saturated heterocycles. The van der Waals surface area contributed by atoms with Crippen molar-refractivity contribution in [3.8, 4) is 0 Å². The minimum Gasteiger partial charge on any atom is -0.466 e. The summed E-state index contributed by atoms with van der Waals surface area (Å²) in [6, 6.07) is 0. The Labute approximate surface area is 95.3 Å². The Kier molecular flexibility index (Phi) is 14.5. The Balaban J connectivity index is 0. The van der Waals surface area contributed by atoms with E-state index in [2.05, 4.69) is 15.9 Å². The Morgan fingerprint density at radius 1 is 1.33 bits per heavy atom. The SMILES string of the molecule is CCOC(=O)CCCCCBr.[Zn]. The monoisotopic (exact) mass is 286 g/mol. The smallest absolute Gasteiger partial charge is 0.305 e. The first-order valence-corrected chi connectivity index (χ1v) is 5.15. The van der Waals surface area contributed by atoms with Crippen molar-refractivity contribution in [2.24, 2.45) is 0 Å². The summed E-state index contributed by atoms with van der Waals surface area (Å²) in [5, 5.41) is 1.02. The van der Waals surface area contributed by atoms with Crippen molar-refractivity contribution >= 4 is 21.9 Å². The third-order valence-electron chi connectivity index (χ3n) is 1.32. The molecule has 0 fully saturated rings. The molecule has 4 heteroatoms. The molecule has 0 radical (unpaired) electrons. The number of unbranched alkanes of at least 4 members (excludes halogenated alkanes) is 2. The minimum atomic E-state index is -0.0675. The molecular weight excluding hydrogens is 273 g/mol. The molecule has 0 aliphatic rings. The Morgan fingerprint density at radius 2 is 2.00 bits per heavy atom. The van der Waals surface area contributed by atoms with Gasteiger partial charge in [-0.15, -0.1) is 0 Å². The fraction of sp³-hybridized carbons (Fsp3) is 0.875. The zero-order valence-corrected chi connectivity index (χ0v) is 12.2. The maximum absolute atomic E-state index is 10.8. The maximum Gasteiger partial charge on any atom is 0.305 e. The number of rotatable bonds is 6. The summed E-state index contributed by atoms with van der Waals surface area (Å²) in [7, 11) is 0. The molecule has 0 aliphatic carbocycles. The van der Waals surface area contributed by atoms with Crippen molar-refractivity contribution in [3.63, 3.8) is 0 Å². The Bertz CT molecular complexity index is 109. The van der Waals surface area contributed by atoms with E-state index >= 15 is 0 Å². The van der Waals surface area contributed by atoms with Crippen LogP contribution in [0.4, 0.5) is 0 Å². The fourth-order valence-electron chi connectivity index (χ4n) is 0.774. The average Bonchev–Trinajstić information content (AvgIpc) is 1.99. The summed E-state index contributed by atoms with van der Waals surface area (Å²) in [5.41, 5.74) is 0. The predicted octanol–water partition coefficient (Wildman–Crippen LogP) is 2.50. The molecule has 0 rings (SSSR count). The number of ether oxygens (including phenoxy) is 1. The second-order valence-corrected chi connectivity index (χ2v) is 3.10. The number of esters is 1. The van der Waals surface area contributed by atoms with Crippen LogP contribution in [-0.2, 0) is 29.0 Å². The standard InChI is InChI=1S/C8H15BrO2.Zn/c1-2-11-8(10)6-4-3-5-7-9;/h2-7H2,1H3;. The van der Waals surface area contributed by atoms with Crippen LogP contribution in [0.2, 0.25) is 0 Å². The van der Waals surface area contributed by atoms with E-state index in [0.29, 0.717) is 13.0 Å². The zero-order chi connectivity index (χ0) is 8.53. The molecule has 0 aromatic heterocycles. The van der Waals surface area contributed by atoms with Crippen LogP contribution >= 0.6 is 15.9 Å². The van der Waals surface area contributed by atoms with Gasteiger partial charge in [-0.3, -0.25) is 4.79 Å². The van der Waals surface area contributed by atoms with Gasteiger partial charge < -0.3 is 4.74 Å². The molecule has 0 N–H and O–H groups in total. The Hall–Kier alpha value is 0.573. The molecule has 0 aromatic rings. The average molecular weight is 288 g/mol. The number of carbonyl (C=O) groups is 1. The molecule has 0 saturated carbocycles. The number of alkyl halides is 1. The molecule has 12 heavy (non-hydrogen) atoms. The molecule has 0 amide bonds. The molecule has 2 nitrogen and oxygen atoms in total. The molecule has 0 atom stereocenters. The predicted molar refractivity (Wildman–Crippen MR) is 48.9 cm³/mol. The molecule has 0 aromatic carbocycles. The van der Waals surface area contributed by atoms with Gasteiger partial charge in [0.05, 0.1) is 6.61 Å². The molecule has 0 spiro atoms. The quantitative estimate of drug-likeness (QED) is 0.325. The molecule has 68 valence electrons. The topological polar surface area (TPSA) is 26.3 Å². The van der Waals surface area contributed by atoms with Gasteiger partial charge in [-0.1, -0.05) is 22.4 Å². The third kappa shape index (κ3) is 10.6. The van der Waals surface area contributed by atoms with Crippen molar-refractivity contribution in [2.45, 2.75) is 32.6 Å². The largest absolute Gasteiger partial charge is 0.466 e. The van der Waals surface area contributed by atoms with Gasteiger partial charge in [0.15, 0.2) is 0 Å². The minimum absolute atomic E-state index is 0. The first-order valence-electron chi connectivity index (χ1n) is 4.02. The first kappa shape index (κ1) is 15.1. The van der Waals surface area contributed by atoms with E-state index in [1.807, 2.05) is 6.92 Å². The summed E-state index contributed by atoms with van der Waals surface area (Å²) in [4.78, 5) is 10.8. The number of carbonyl (C=O) groups excluding carboxylic acids is 1. The van der Waals surface area contributed by atoms with Crippen molar-refractivity contribution in [2.75, 3.05) is 11.9 Å². The van der Waals surface area contributed by atoms with E-state index in [1.54, 1.807) is 0 Å². The van der Waals surface area contributed by atoms with Crippen LogP contribution in [0.5, 0.6) is 0 Å². The molecule has 0 bridgehead atoms. The molecule has 0 aliphatic heterocycles. The third-order valence-corrected chi connectivity index (χ3v) is 1.88. The van der Waals surface area contributed by atoms with Crippen LogP contribution < -0.4 is 0 Å². The summed E-state index contributed by atoms with van der Waals surface area (Å²) < 4.78 is 4.77. The van der Waals surface area contributed by atoms with Crippen LogP contribution in [-0.4, -0.2) is 17.9 Å². The van der Waals surface area contributed by atoms with Crippen molar-refractivity contribution < 1.29 is 29.0 Å². The van der Waals surface area contributed by atoms with Crippen LogP contribution in [0.1, 0.15) is 32.6 Å². The summed E-state index contributed by atoms with van der Waals surface area (Å²) >= 11 is 3.33. The summed E-state index contributed by atoms with van der Waals surface area (Å²) in [6.07, 6.45) is 3.76. The van der Waals surface area contributed by atoms with Crippen molar-refractivity contribution in [1.29, 1.82) is 0 Å². The zero-order valence-electron chi connectivity index (χ0n) is 7.64. The number of hydrogen-bond donors (Lipinski definition) is 0. The second-order valence-electron chi connectivity index (χ2n) is 2.30. The van der Waals surface area contributed by atoms with Crippen LogP contribution in [0.15, 0.2) is 0 Å². The van der Waals surface area contributed by atoms with Gasteiger partial charge in [-0.2, -0.15) is 0 Å². The van der Waals surface area contributed by atoms with Crippen LogP contribution in [0.25, 0.3) is 0 Å². The molecule has 0 heterocycles. The van der Waals surface area contributed by atoms with E-state index in [0.717, 1.165) is 24.6 Å². The van der Waals surface area contributed by atoms with E-state index < -0.39 is 0 Å². The first-order chi connectivity index (χ1) is 5.31. The molecular formula is C8H15BrO2Zn. The van der Waals surface area contributed by atoms with Crippen LogP contribution in [0.3, 0.4) is 0 Å². The van der Waals surface area contributed by atoms with Gasteiger partial charge in [-0.25, -0.2) is 0 Å². The van der Waals surface area contributed by atoms with Gasteiger partial charge in [0.1, 0.15) is 0 Å². The fourth-order valence-corrected chi connectivity index (χ4v) is 1.17.